The Morgan fingerprint density at radius 2 is 1.16 bits per heavy atom. The van der Waals surface area contributed by atoms with E-state index in [4.69, 9.17) is 9.72 Å². The van der Waals surface area contributed by atoms with Gasteiger partial charge >= 0.3 is 0 Å². The maximum absolute atomic E-state index is 6.79. The molecular weight excluding hydrogens is 781 g/mol. The number of pyridine rings is 1. The summed E-state index contributed by atoms with van der Waals surface area (Å²) in [5, 5.41) is 2.33. The van der Waals surface area contributed by atoms with Crippen molar-refractivity contribution in [3.8, 4) is 62.1 Å². The number of hydrogen-bond acceptors (Lipinski definition) is 2. The van der Waals surface area contributed by atoms with Crippen LogP contribution in [0.1, 0.15) is 26.3 Å². The number of nitrogens with zero attached hydrogens (tertiary/aromatic N) is 4. The van der Waals surface area contributed by atoms with Crippen LogP contribution in [0.5, 0.6) is 11.5 Å². The number of benzene rings is 8. The zero-order valence-electron chi connectivity index (χ0n) is 36.1. The van der Waals surface area contributed by atoms with Crippen molar-refractivity contribution in [3.05, 3.63) is 224 Å². The maximum Gasteiger partial charge on any atom is 0.269 e. The Kier molecular flexibility index (Phi) is 9.73. The zero-order chi connectivity index (χ0) is 43.2. The van der Waals surface area contributed by atoms with Gasteiger partial charge in [0.05, 0.1) is 33.4 Å². The van der Waals surface area contributed by atoms with Crippen molar-refractivity contribution in [2.45, 2.75) is 27.2 Å². The molecule has 64 heavy (non-hydrogen) atoms. The molecule has 0 radical (unpaired) electrons. The minimum absolute atomic E-state index is 0.156. The number of fused-ring (bicyclic) bond motifs is 4. The highest BCUT2D eigenvalue weighted by Gasteiger charge is 2.21. The second-order valence-electron chi connectivity index (χ2n) is 17.7. The van der Waals surface area contributed by atoms with E-state index in [2.05, 4.69) is 241 Å². The summed E-state index contributed by atoms with van der Waals surface area (Å²) in [4.78, 5) is 4.90. The van der Waals surface area contributed by atoms with Crippen LogP contribution in [-0.2, 0) is 6.42 Å². The van der Waals surface area contributed by atoms with Crippen LogP contribution in [-0.4, -0.2) is 14.1 Å². The van der Waals surface area contributed by atoms with E-state index in [0.717, 1.165) is 95.9 Å². The van der Waals surface area contributed by atoms with Crippen LogP contribution in [0.15, 0.2) is 212 Å². The van der Waals surface area contributed by atoms with Gasteiger partial charge in [-0.3, -0.25) is 13.7 Å². The summed E-state index contributed by atoms with van der Waals surface area (Å²) in [5.41, 5.74) is 14.4. The van der Waals surface area contributed by atoms with Gasteiger partial charge in [-0.15, -0.1) is 0 Å². The first-order valence-corrected chi connectivity index (χ1v) is 21.9. The molecule has 0 amide bonds. The molecule has 3 heterocycles. The Morgan fingerprint density at radius 3 is 1.88 bits per heavy atom. The molecule has 0 aliphatic heterocycles. The summed E-state index contributed by atoms with van der Waals surface area (Å²) in [6.45, 7) is 6.82. The van der Waals surface area contributed by atoms with Gasteiger partial charge in [0.15, 0.2) is 0 Å². The van der Waals surface area contributed by atoms with Crippen molar-refractivity contribution in [1.29, 1.82) is 0 Å². The minimum atomic E-state index is 0.156. The van der Waals surface area contributed by atoms with Gasteiger partial charge < -0.3 is 4.74 Å². The van der Waals surface area contributed by atoms with E-state index in [1.807, 2.05) is 12.3 Å². The minimum Gasteiger partial charge on any atom is -0.458 e. The molecule has 0 aliphatic rings. The van der Waals surface area contributed by atoms with Crippen molar-refractivity contribution in [1.82, 2.24) is 14.1 Å². The monoisotopic (exact) mass is 826 g/mol. The predicted molar refractivity (Wildman–Crippen MR) is 262 cm³/mol. The lowest BCUT2D eigenvalue weighted by Crippen LogP contribution is -2.31. The Hall–Kier alpha value is -8.02. The van der Waals surface area contributed by atoms with Crippen LogP contribution < -0.4 is 9.30 Å². The summed E-state index contributed by atoms with van der Waals surface area (Å²) in [6.07, 6.45) is 6.75. The first-order valence-electron chi connectivity index (χ1n) is 21.9. The van der Waals surface area contributed by atoms with Crippen LogP contribution in [0.4, 0.5) is 0 Å². The van der Waals surface area contributed by atoms with Crippen LogP contribution in [0, 0.1) is 11.7 Å². The SMILES string of the molecule is CC(C)(C)Cc1ccnc(-n2c3ccccc3c3ccc(Oc4cccc(-n5[c-][n+](-c6c(-c7ccccc7)cccc6-c6ccccc6)c6cc(-c7ccccc7)ccc65)c4)cc32)c1. The normalized spacial score (nSPS) is 11.7. The second-order valence-corrected chi connectivity index (χ2v) is 17.7. The van der Waals surface area contributed by atoms with Gasteiger partial charge in [-0.05, 0) is 105 Å². The van der Waals surface area contributed by atoms with Crippen LogP contribution in [0.25, 0.3) is 83.4 Å². The largest absolute Gasteiger partial charge is 0.458 e. The van der Waals surface area contributed by atoms with Crippen LogP contribution in [0.2, 0.25) is 0 Å². The quantitative estimate of drug-likeness (QED) is 0.107. The van der Waals surface area contributed by atoms with E-state index in [-0.39, 0.29) is 5.41 Å². The first kappa shape index (κ1) is 38.9. The first-order chi connectivity index (χ1) is 31.3. The van der Waals surface area contributed by atoms with Crippen LogP contribution in [0.3, 0.4) is 0 Å². The lowest BCUT2D eigenvalue weighted by molar-refractivity contribution is -0.571. The highest BCUT2D eigenvalue weighted by Crippen LogP contribution is 2.38. The summed E-state index contributed by atoms with van der Waals surface area (Å²) in [7, 11) is 0. The van der Waals surface area contributed by atoms with Crippen LogP contribution >= 0.6 is 0 Å². The maximum atomic E-state index is 6.79. The highest BCUT2D eigenvalue weighted by molar-refractivity contribution is 6.09. The number of ether oxygens (including phenoxy) is 1. The molecule has 0 N–H and O–H groups in total. The lowest BCUT2D eigenvalue weighted by atomic mass is 9.88. The van der Waals surface area contributed by atoms with Crippen molar-refractivity contribution in [2.75, 3.05) is 0 Å². The molecule has 3 aromatic heterocycles. The Morgan fingerprint density at radius 1 is 0.516 bits per heavy atom. The lowest BCUT2D eigenvalue weighted by Gasteiger charge is -2.18. The summed E-state index contributed by atoms with van der Waals surface area (Å²) in [5.74, 6) is 2.37. The molecule has 11 aromatic rings. The third kappa shape index (κ3) is 7.31. The molecule has 5 nitrogen and oxygen atoms in total. The number of aromatic nitrogens is 4. The fourth-order valence-corrected chi connectivity index (χ4v) is 9.15. The van der Waals surface area contributed by atoms with Gasteiger partial charge in [0, 0.05) is 23.0 Å². The molecule has 0 bridgehead atoms. The molecule has 0 unspecified atom stereocenters. The second kappa shape index (κ2) is 16.0. The molecule has 0 saturated carbocycles. The van der Waals surface area contributed by atoms with Gasteiger partial charge in [-0.1, -0.05) is 166 Å². The van der Waals surface area contributed by atoms with E-state index in [9.17, 15) is 0 Å². The van der Waals surface area contributed by atoms with E-state index in [1.54, 1.807) is 0 Å². The number of imidazole rings is 1. The number of para-hydroxylation sites is 2. The van der Waals surface area contributed by atoms with Gasteiger partial charge in [0.2, 0.25) is 0 Å². The van der Waals surface area contributed by atoms with Crippen molar-refractivity contribution < 1.29 is 9.30 Å². The van der Waals surface area contributed by atoms with E-state index in [1.165, 1.54) is 10.9 Å². The van der Waals surface area contributed by atoms with Gasteiger partial charge in [-0.2, -0.15) is 0 Å². The molecule has 0 saturated heterocycles. The average Bonchev–Trinajstić information content (AvgIpc) is 3.87. The topological polar surface area (TPSA) is 35.9 Å². The zero-order valence-corrected chi connectivity index (χ0v) is 36.1. The Balaban J connectivity index is 1.05. The van der Waals surface area contributed by atoms with Crippen molar-refractivity contribution in [3.63, 3.8) is 0 Å². The molecule has 0 spiro atoms. The third-order valence-corrected chi connectivity index (χ3v) is 11.9. The molecule has 0 atom stereocenters. The van der Waals surface area contributed by atoms with Gasteiger partial charge in [0.1, 0.15) is 17.3 Å². The standard InChI is InChI=1S/C59H46N4O/c1-59(2,3)39-41-33-34-60-57(35-41)63-53-28-14-13-25-51(53)52-31-30-48(38-55(52)63)64-47-24-15-23-46(37-47)61-40-62(56-36-45(29-32-54(56)61)42-17-7-4-8-18-42)58-49(43-19-9-5-10-20-43)26-16-27-50(58)44-21-11-6-12-22-44/h4-38H,39H2,1-3H3. The highest BCUT2D eigenvalue weighted by atomic mass is 16.5. The van der Waals surface area contributed by atoms with Crippen molar-refractivity contribution >= 4 is 32.8 Å². The average molecular weight is 827 g/mol. The summed E-state index contributed by atoms with van der Waals surface area (Å²) < 4.78 is 13.5. The Labute approximate surface area is 373 Å². The third-order valence-electron chi connectivity index (χ3n) is 11.9. The summed E-state index contributed by atoms with van der Waals surface area (Å²) >= 11 is 0. The predicted octanol–water partition coefficient (Wildman–Crippen LogP) is 14.6. The van der Waals surface area contributed by atoms with E-state index >= 15 is 0 Å². The Bertz CT molecular complexity index is 3410. The molecule has 0 fully saturated rings. The molecular formula is C59H46N4O. The smallest absolute Gasteiger partial charge is 0.269 e. The van der Waals surface area contributed by atoms with Gasteiger partial charge in [0.25, 0.3) is 6.33 Å². The van der Waals surface area contributed by atoms with Crippen molar-refractivity contribution in [2.24, 2.45) is 5.41 Å². The number of hydrogen-bond donors (Lipinski definition) is 0. The molecule has 0 aliphatic carbocycles. The molecule has 8 aromatic carbocycles. The molecule has 5 heteroatoms. The fraction of sp³-hybridized carbons (Fsp3) is 0.0847. The van der Waals surface area contributed by atoms with Gasteiger partial charge in [-0.25, -0.2) is 4.98 Å². The van der Waals surface area contributed by atoms with E-state index < -0.39 is 0 Å². The summed E-state index contributed by atoms with van der Waals surface area (Å²) in [6, 6.07) is 72.7. The number of rotatable bonds is 9. The fourth-order valence-electron chi connectivity index (χ4n) is 9.15. The molecule has 308 valence electrons. The van der Waals surface area contributed by atoms with E-state index in [0.29, 0.717) is 0 Å². The molecule has 11 rings (SSSR count).